The van der Waals surface area contributed by atoms with Crippen molar-refractivity contribution in [2.45, 2.75) is 72.6 Å². The van der Waals surface area contributed by atoms with E-state index in [-0.39, 0.29) is 28.3 Å². The zero-order chi connectivity index (χ0) is 23.4. The molecule has 0 saturated heterocycles. The molecular formula is C27H34BrNO3. The molecule has 0 N–H and O–H groups in total. The minimum atomic E-state index is -0.306. The van der Waals surface area contributed by atoms with Gasteiger partial charge in [0.2, 0.25) is 0 Å². The maximum atomic E-state index is 13.5. The maximum absolute atomic E-state index is 13.5. The summed E-state index contributed by atoms with van der Waals surface area (Å²) in [5.74, 6) is 0.818. The van der Waals surface area contributed by atoms with E-state index in [4.69, 9.17) is 4.74 Å². The predicted octanol–water partition coefficient (Wildman–Crippen LogP) is 6.55. The number of hydrogen-bond donors (Lipinski definition) is 0. The molecule has 0 amide bonds. The Hall–Kier alpha value is -1.88. The van der Waals surface area contributed by atoms with E-state index in [0.29, 0.717) is 19.4 Å². The predicted molar refractivity (Wildman–Crippen MR) is 131 cm³/mol. The average molecular weight is 500 g/mol. The normalized spacial score (nSPS) is 22.8. The van der Waals surface area contributed by atoms with Crippen LogP contribution in [0.15, 0.2) is 45.2 Å². The van der Waals surface area contributed by atoms with Crippen LogP contribution in [-0.4, -0.2) is 30.1 Å². The number of halogens is 1. The third-order valence-corrected chi connectivity index (χ3v) is 7.55. The van der Waals surface area contributed by atoms with Gasteiger partial charge in [-0.1, -0.05) is 40.7 Å². The molecule has 0 bridgehead atoms. The first-order valence-corrected chi connectivity index (χ1v) is 12.4. The molecule has 0 aromatic heterocycles. The van der Waals surface area contributed by atoms with Crippen LogP contribution in [0.1, 0.15) is 78.2 Å². The van der Waals surface area contributed by atoms with Gasteiger partial charge in [-0.25, -0.2) is 0 Å². The van der Waals surface area contributed by atoms with Crippen LogP contribution in [0.4, 0.5) is 0 Å². The topological polar surface area (TPSA) is 46.6 Å². The molecule has 5 heteroatoms. The molecule has 4 rings (SSSR count). The molecule has 1 aliphatic heterocycles. The van der Waals surface area contributed by atoms with Gasteiger partial charge in [-0.15, -0.1) is 0 Å². The number of Topliss-reactive ketones (excluding diaryl/α,β-unsaturated/α-hetero) is 2. The van der Waals surface area contributed by atoms with Crippen molar-refractivity contribution in [3.8, 4) is 5.75 Å². The van der Waals surface area contributed by atoms with E-state index in [2.05, 4.69) is 55.4 Å². The lowest BCUT2D eigenvalue weighted by atomic mass is 9.64. The van der Waals surface area contributed by atoms with Crippen LogP contribution in [0.3, 0.4) is 0 Å². The molecule has 0 radical (unpaired) electrons. The third-order valence-electron chi connectivity index (χ3n) is 6.93. The minimum Gasteiger partial charge on any atom is -0.492 e. The van der Waals surface area contributed by atoms with E-state index in [9.17, 15) is 9.59 Å². The van der Waals surface area contributed by atoms with Gasteiger partial charge in [0.25, 0.3) is 0 Å². The highest BCUT2D eigenvalue weighted by atomic mass is 79.9. The number of carbonyl (C=O) groups excluding carboxylic acids is 2. The van der Waals surface area contributed by atoms with E-state index in [1.54, 1.807) is 0 Å². The summed E-state index contributed by atoms with van der Waals surface area (Å²) in [7, 11) is 2.04. The average Bonchev–Trinajstić information content (AvgIpc) is 2.67. The zero-order valence-corrected chi connectivity index (χ0v) is 21.7. The molecule has 0 spiro atoms. The molecule has 0 fully saturated rings. The van der Waals surface area contributed by atoms with Crippen molar-refractivity contribution in [1.29, 1.82) is 0 Å². The number of allylic oxidation sites excluding steroid dienone is 4. The van der Waals surface area contributed by atoms with Gasteiger partial charge in [-0.3, -0.25) is 9.59 Å². The first-order valence-electron chi connectivity index (χ1n) is 11.6. The van der Waals surface area contributed by atoms with E-state index < -0.39 is 0 Å². The number of hydrogen-bond acceptors (Lipinski definition) is 4. The smallest absolute Gasteiger partial charge is 0.162 e. The lowest BCUT2D eigenvalue weighted by Gasteiger charge is -2.47. The Morgan fingerprint density at radius 2 is 1.50 bits per heavy atom. The van der Waals surface area contributed by atoms with Crippen molar-refractivity contribution in [3.63, 3.8) is 0 Å². The number of nitrogens with zero attached hydrogens (tertiary/aromatic N) is 1. The molecule has 32 heavy (non-hydrogen) atoms. The molecule has 0 atom stereocenters. The van der Waals surface area contributed by atoms with Gasteiger partial charge < -0.3 is 9.64 Å². The third kappa shape index (κ3) is 4.09. The highest BCUT2D eigenvalue weighted by molar-refractivity contribution is 9.10. The summed E-state index contributed by atoms with van der Waals surface area (Å²) in [4.78, 5) is 29.2. The second-order valence-electron chi connectivity index (χ2n) is 11.1. The van der Waals surface area contributed by atoms with Gasteiger partial charge in [0.15, 0.2) is 11.6 Å². The van der Waals surface area contributed by atoms with Crippen LogP contribution >= 0.6 is 15.9 Å². The SMILES string of the molecule is CCCOc1ccc(C2C3=C(CC(C)(C)CC3=O)N(C)C3=C2C(=O)CC(C)(C)C3)cc1Br. The molecular weight excluding hydrogens is 466 g/mol. The first-order chi connectivity index (χ1) is 14.9. The summed E-state index contributed by atoms with van der Waals surface area (Å²) in [6, 6.07) is 6.03. The molecule has 0 saturated carbocycles. The highest BCUT2D eigenvalue weighted by Crippen LogP contribution is 2.54. The quantitative estimate of drug-likeness (QED) is 0.470. The Morgan fingerprint density at radius 3 is 1.97 bits per heavy atom. The summed E-state index contributed by atoms with van der Waals surface area (Å²) in [6.07, 6.45) is 3.63. The summed E-state index contributed by atoms with van der Waals surface area (Å²) in [5, 5.41) is 0. The summed E-state index contributed by atoms with van der Waals surface area (Å²) < 4.78 is 6.70. The zero-order valence-electron chi connectivity index (χ0n) is 20.1. The van der Waals surface area contributed by atoms with Gasteiger partial charge in [0, 0.05) is 48.3 Å². The lowest BCUT2D eigenvalue weighted by Crippen LogP contribution is -2.43. The Balaban J connectivity index is 1.90. The highest BCUT2D eigenvalue weighted by Gasteiger charge is 2.48. The fourth-order valence-corrected chi connectivity index (χ4v) is 6.03. The Morgan fingerprint density at radius 1 is 0.969 bits per heavy atom. The van der Waals surface area contributed by atoms with Gasteiger partial charge in [0.05, 0.1) is 11.1 Å². The van der Waals surface area contributed by atoms with Crippen LogP contribution in [0.5, 0.6) is 5.75 Å². The van der Waals surface area contributed by atoms with Crippen LogP contribution in [0, 0.1) is 10.8 Å². The number of carbonyl (C=O) groups is 2. The largest absolute Gasteiger partial charge is 0.492 e. The van der Waals surface area contributed by atoms with Crippen LogP contribution < -0.4 is 4.74 Å². The van der Waals surface area contributed by atoms with Gasteiger partial charge in [0.1, 0.15) is 5.75 Å². The van der Waals surface area contributed by atoms with Crippen molar-refractivity contribution >= 4 is 27.5 Å². The monoisotopic (exact) mass is 499 g/mol. The summed E-state index contributed by atoms with van der Waals surface area (Å²) in [6.45, 7) is 11.4. The van der Waals surface area contributed by atoms with E-state index in [1.165, 1.54) is 0 Å². The van der Waals surface area contributed by atoms with E-state index in [1.807, 2.05) is 25.2 Å². The first kappa shape index (κ1) is 23.3. The minimum absolute atomic E-state index is 0.0839. The van der Waals surface area contributed by atoms with Crippen LogP contribution in [-0.2, 0) is 9.59 Å². The van der Waals surface area contributed by atoms with Crippen molar-refractivity contribution in [1.82, 2.24) is 4.90 Å². The molecule has 2 aliphatic carbocycles. The molecule has 1 aromatic carbocycles. The fourth-order valence-electron chi connectivity index (χ4n) is 5.52. The Bertz CT molecular complexity index is 993. The fraction of sp³-hybridized carbons (Fsp3) is 0.556. The van der Waals surface area contributed by atoms with Crippen LogP contribution in [0.2, 0.25) is 0 Å². The van der Waals surface area contributed by atoms with Crippen LogP contribution in [0.25, 0.3) is 0 Å². The van der Waals surface area contributed by atoms with Gasteiger partial charge >= 0.3 is 0 Å². The van der Waals surface area contributed by atoms with E-state index in [0.717, 1.165) is 57.6 Å². The molecule has 0 unspecified atom stereocenters. The second-order valence-corrected chi connectivity index (χ2v) is 12.0. The Labute approximate surface area is 200 Å². The van der Waals surface area contributed by atoms with Crippen molar-refractivity contribution < 1.29 is 14.3 Å². The van der Waals surface area contributed by atoms with E-state index >= 15 is 0 Å². The number of rotatable bonds is 4. The second kappa shape index (κ2) is 8.16. The van der Waals surface area contributed by atoms with Gasteiger partial charge in [-0.2, -0.15) is 0 Å². The number of ketones is 2. The number of ether oxygens (including phenoxy) is 1. The lowest BCUT2D eigenvalue weighted by molar-refractivity contribution is -0.119. The Kier molecular flexibility index (Phi) is 5.94. The maximum Gasteiger partial charge on any atom is 0.162 e. The van der Waals surface area contributed by atoms with Crippen molar-refractivity contribution in [2.75, 3.05) is 13.7 Å². The molecule has 1 aromatic rings. The molecule has 3 aliphatic rings. The number of benzene rings is 1. The molecule has 4 nitrogen and oxygen atoms in total. The summed E-state index contributed by atoms with van der Waals surface area (Å²) in [5.41, 5.74) is 4.61. The molecule has 172 valence electrons. The molecule has 1 heterocycles. The van der Waals surface area contributed by atoms with Crippen molar-refractivity contribution in [3.05, 3.63) is 50.8 Å². The standard InChI is InChI=1S/C27H34BrNO3/c1-7-10-32-22-9-8-16(11-17(22)28)23-24-18(12-26(2,3)14-20(24)30)29(6)19-13-27(4,5)15-21(31)25(19)23/h8-9,11,23H,7,10,12-15H2,1-6H3. The van der Waals surface area contributed by atoms with Gasteiger partial charge in [-0.05, 0) is 63.7 Å². The van der Waals surface area contributed by atoms with Crippen molar-refractivity contribution in [2.24, 2.45) is 10.8 Å². The summed E-state index contributed by atoms with van der Waals surface area (Å²) >= 11 is 3.66.